The van der Waals surface area contributed by atoms with Gasteiger partial charge in [0, 0.05) is 37.0 Å². The predicted molar refractivity (Wildman–Crippen MR) is 113 cm³/mol. The van der Waals surface area contributed by atoms with Gasteiger partial charge in [-0.2, -0.15) is 5.10 Å². The largest absolute Gasteiger partial charge is 0.497 e. The van der Waals surface area contributed by atoms with E-state index in [9.17, 15) is 18.0 Å². The Balaban J connectivity index is 1.49. The van der Waals surface area contributed by atoms with Gasteiger partial charge in [0.15, 0.2) is 17.5 Å². The van der Waals surface area contributed by atoms with Crippen LogP contribution in [0, 0.1) is 24.4 Å². The summed E-state index contributed by atoms with van der Waals surface area (Å²) in [6, 6.07) is 5.43. The lowest BCUT2D eigenvalue weighted by Gasteiger charge is -2.26. The van der Waals surface area contributed by atoms with Crippen LogP contribution in [0.2, 0.25) is 0 Å². The number of hydrogen-bond donors (Lipinski definition) is 0. The number of aryl methyl sites for hydroxylation is 2. The fraction of sp³-hybridized carbons (Fsp3) is 0.261. The first-order valence-electron chi connectivity index (χ1n) is 10.3. The Bertz CT molecular complexity index is 1400. The van der Waals surface area contributed by atoms with Crippen LogP contribution in [-0.4, -0.2) is 43.6 Å². The van der Waals surface area contributed by atoms with Crippen molar-refractivity contribution in [1.29, 1.82) is 0 Å². The highest BCUT2D eigenvalue weighted by Crippen LogP contribution is 2.32. The fourth-order valence-electron chi connectivity index (χ4n) is 4.42. The molecule has 1 aromatic carbocycles. The molecule has 1 amide bonds. The van der Waals surface area contributed by atoms with Gasteiger partial charge in [-0.25, -0.2) is 18.2 Å². The Hall–Kier alpha value is -3.82. The second kappa shape index (κ2) is 7.65. The second-order valence-electron chi connectivity index (χ2n) is 7.97. The zero-order valence-corrected chi connectivity index (χ0v) is 18.2. The molecule has 0 bridgehead atoms. The number of rotatable bonds is 3. The summed E-state index contributed by atoms with van der Waals surface area (Å²) in [5, 5.41) is 4.48. The van der Waals surface area contributed by atoms with E-state index in [2.05, 4.69) is 10.1 Å². The molecule has 7 nitrogen and oxygen atoms in total. The number of pyridine rings is 1. The van der Waals surface area contributed by atoms with Gasteiger partial charge in [0.2, 0.25) is 0 Å². The normalized spacial score (nSPS) is 13.5. The molecule has 0 radical (unpaired) electrons. The smallest absolute Gasteiger partial charge is 0.273 e. The first-order chi connectivity index (χ1) is 15.8. The fourth-order valence-corrected chi connectivity index (χ4v) is 4.42. The Morgan fingerprint density at radius 3 is 2.58 bits per heavy atom. The van der Waals surface area contributed by atoms with Crippen LogP contribution in [0.4, 0.5) is 13.2 Å². The van der Waals surface area contributed by atoms with Gasteiger partial charge >= 0.3 is 0 Å². The predicted octanol–water partition coefficient (Wildman–Crippen LogP) is 3.67. The summed E-state index contributed by atoms with van der Waals surface area (Å²) in [5.41, 5.74) is 3.78. The van der Waals surface area contributed by atoms with E-state index in [-0.39, 0.29) is 18.0 Å². The average molecular weight is 455 g/mol. The third kappa shape index (κ3) is 3.33. The maximum Gasteiger partial charge on any atom is 0.273 e. The molecule has 170 valence electrons. The molecule has 0 atom stereocenters. The van der Waals surface area contributed by atoms with Gasteiger partial charge in [-0.3, -0.25) is 13.9 Å². The van der Waals surface area contributed by atoms with Gasteiger partial charge in [-0.05, 0) is 31.5 Å². The van der Waals surface area contributed by atoms with Crippen LogP contribution in [0.1, 0.15) is 27.4 Å². The number of carbonyl (C=O) groups is 1. The quantitative estimate of drug-likeness (QED) is 0.443. The van der Waals surface area contributed by atoms with Crippen molar-refractivity contribution in [3.8, 4) is 17.0 Å². The number of fused-ring (bicyclic) bond motifs is 2. The Morgan fingerprint density at radius 1 is 1.15 bits per heavy atom. The van der Waals surface area contributed by atoms with Crippen molar-refractivity contribution in [1.82, 2.24) is 24.1 Å². The van der Waals surface area contributed by atoms with Crippen LogP contribution in [0.3, 0.4) is 0 Å². The lowest BCUT2D eigenvalue weighted by molar-refractivity contribution is 0.0724. The SMILES string of the molecule is COc1ccn2c(C(=O)N3CCc4c(nn(C)c4-c4cc(F)c(F)c(F)c4)C3)c(C)nc2c1. The molecule has 0 fully saturated rings. The molecule has 3 aromatic heterocycles. The van der Waals surface area contributed by atoms with Crippen LogP contribution in [-0.2, 0) is 20.0 Å². The van der Waals surface area contributed by atoms with Crippen LogP contribution in [0.25, 0.3) is 16.9 Å². The summed E-state index contributed by atoms with van der Waals surface area (Å²) in [6.45, 7) is 2.40. The summed E-state index contributed by atoms with van der Waals surface area (Å²) in [7, 11) is 3.22. The standard InChI is InChI=1S/C23H20F3N5O2/c1-12-21(31-7-4-14(33-3)10-19(31)27-12)23(32)30-6-5-15-18(11-30)28-29(2)22(15)13-8-16(24)20(26)17(25)9-13/h4,7-10H,5-6,11H2,1-3H3. The second-order valence-corrected chi connectivity index (χ2v) is 7.97. The summed E-state index contributed by atoms with van der Waals surface area (Å²) in [4.78, 5) is 19.6. The molecule has 4 heterocycles. The topological polar surface area (TPSA) is 64.7 Å². The van der Waals surface area contributed by atoms with E-state index in [0.29, 0.717) is 47.1 Å². The number of aromatic nitrogens is 4. The van der Waals surface area contributed by atoms with E-state index in [1.807, 2.05) is 0 Å². The van der Waals surface area contributed by atoms with Gasteiger partial charge in [0.05, 0.1) is 30.7 Å². The molecule has 0 unspecified atom stereocenters. The highest BCUT2D eigenvalue weighted by atomic mass is 19.2. The Labute approximate surface area is 187 Å². The van der Waals surface area contributed by atoms with Crippen molar-refractivity contribution in [2.45, 2.75) is 19.9 Å². The molecular formula is C23H20F3N5O2. The zero-order chi connectivity index (χ0) is 23.4. The lowest BCUT2D eigenvalue weighted by Crippen LogP contribution is -2.37. The number of methoxy groups -OCH3 is 1. The third-order valence-corrected chi connectivity index (χ3v) is 5.96. The van der Waals surface area contributed by atoms with E-state index < -0.39 is 17.5 Å². The molecule has 0 aliphatic carbocycles. The van der Waals surface area contributed by atoms with Crippen molar-refractivity contribution in [2.24, 2.45) is 7.05 Å². The Morgan fingerprint density at radius 2 is 1.88 bits per heavy atom. The maximum absolute atomic E-state index is 13.8. The van der Waals surface area contributed by atoms with E-state index in [0.717, 1.165) is 17.7 Å². The molecular weight excluding hydrogens is 435 g/mol. The summed E-state index contributed by atoms with van der Waals surface area (Å²) >= 11 is 0. The first-order valence-corrected chi connectivity index (χ1v) is 10.3. The molecule has 0 spiro atoms. The number of hydrogen-bond acceptors (Lipinski definition) is 4. The third-order valence-electron chi connectivity index (χ3n) is 5.96. The highest BCUT2D eigenvalue weighted by Gasteiger charge is 2.30. The van der Waals surface area contributed by atoms with E-state index in [1.54, 1.807) is 48.7 Å². The van der Waals surface area contributed by atoms with E-state index >= 15 is 0 Å². The molecule has 0 N–H and O–H groups in total. The number of halogens is 3. The molecule has 1 aliphatic rings. The highest BCUT2D eigenvalue weighted by molar-refractivity contribution is 5.95. The van der Waals surface area contributed by atoms with Gasteiger partial charge in [-0.1, -0.05) is 0 Å². The molecule has 5 rings (SSSR count). The molecule has 1 aliphatic heterocycles. The van der Waals surface area contributed by atoms with Crippen LogP contribution >= 0.6 is 0 Å². The number of benzene rings is 1. The summed E-state index contributed by atoms with van der Waals surface area (Å²) in [5.74, 6) is -3.57. The number of nitrogens with zero attached hydrogens (tertiary/aromatic N) is 5. The van der Waals surface area contributed by atoms with Crippen molar-refractivity contribution in [3.63, 3.8) is 0 Å². The van der Waals surface area contributed by atoms with Gasteiger partial charge in [0.1, 0.15) is 17.1 Å². The average Bonchev–Trinajstić information content (AvgIpc) is 3.30. The van der Waals surface area contributed by atoms with Crippen LogP contribution < -0.4 is 4.74 Å². The van der Waals surface area contributed by atoms with Gasteiger partial charge in [-0.15, -0.1) is 0 Å². The summed E-state index contributed by atoms with van der Waals surface area (Å²) < 4.78 is 49.5. The maximum atomic E-state index is 13.8. The first kappa shape index (κ1) is 21.0. The minimum atomic E-state index is -1.51. The van der Waals surface area contributed by atoms with Crippen molar-refractivity contribution in [2.75, 3.05) is 13.7 Å². The van der Waals surface area contributed by atoms with Gasteiger partial charge in [0.25, 0.3) is 5.91 Å². The number of ether oxygens (including phenoxy) is 1. The van der Waals surface area contributed by atoms with E-state index in [1.165, 1.54) is 4.68 Å². The monoisotopic (exact) mass is 455 g/mol. The minimum Gasteiger partial charge on any atom is -0.497 e. The molecule has 10 heteroatoms. The van der Waals surface area contributed by atoms with E-state index in [4.69, 9.17) is 4.74 Å². The number of carbonyl (C=O) groups excluding carboxylic acids is 1. The Kier molecular flexibility index (Phi) is 4.88. The molecule has 4 aromatic rings. The molecule has 33 heavy (non-hydrogen) atoms. The zero-order valence-electron chi connectivity index (χ0n) is 18.2. The van der Waals surface area contributed by atoms with Crippen molar-refractivity contribution in [3.05, 3.63) is 70.6 Å². The van der Waals surface area contributed by atoms with Crippen molar-refractivity contribution >= 4 is 11.6 Å². The van der Waals surface area contributed by atoms with Crippen LogP contribution in [0.5, 0.6) is 5.75 Å². The lowest BCUT2D eigenvalue weighted by atomic mass is 9.99. The minimum absolute atomic E-state index is 0.193. The van der Waals surface area contributed by atoms with Crippen LogP contribution in [0.15, 0.2) is 30.5 Å². The van der Waals surface area contributed by atoms with Crippen molar-refractivity contribution < 1.29 is 22.7 Å². The van der Waals surface area contributed by atoms with Gasteiger partial charge < -0.3 is 9.64 Å². The summed E-state index contributed by atoms with van der Waals surface area (Å²) in [6.07, 6.45) is 2.18. The number of imidazole rings is 1. The molecule has 0 saturated carbocycles. The molecule has 0 saturated heterocycles. The number of amides is 1.